The van der Waals surface area contributed by atoms with Crippen LogP contribution in [0, 0.1) is 5.82 Å². The Morgan fingerprint density at radius 2 is 2.00 bits per heavy atom. The highest BCUT2D eigenvalue weighted by Gasteiger charge is 2.17. The lowest BCUT2D eigenvalue weighted by Gasteiger charge is -2.10. The van der Waals surface area contributed by atoms with Crippen LogP contribution < -0.4 is 5.32 Å². The number of amides is 1. The molecular weight excluding hydrogens is 303 g/mol. The fraction of sp³-hybridized carbons (Fsp3) is 0.133. The molecule has 2 aromatic heterocycles. The number of carbonyl (C=O) groups is 1. The second kappa shape index (κ2) is 6.15. The van der Waals surface area contributed by atoms with E-state index in [1.807, 2.05) is 28.8 Å². The standard InChI is InChI=1S/C15H13FN4OS/c1-10(14(21)17-12-7-5-11(16)6-8-12)22-15-19-18-13-4-2-3-9-20(13)15/h2-10H,1H3,(H,17,21)/t10-/m0/s1. The minimum Gasteiger partial charge on any atom is -0.325 e. The van der Waals surface area contributed by atoms with E-state index in [1.54, 1.807) is 6.92 Å². The highest BCUT2D eigenvalue weighted by atomic mass is 32.2. The van der Waals surface area contributed by atoms with Crippen LogP contribution in [0.3, 0.4) is 0 Å². The molecule has 3 aromatic rings. The molecule has 1 atom stereocenters. The first-order valence-electron chi connectivity index (χ1n) is 6.66. The van der Waals surface area contributed by atoms with Gasteiger partial charge in [-0.05, 0) is 43.3 Å². The van der Waals surface area contributed by atoms with E-state index in [4.69, 9.17) is 0 Å². The van der Waals surface area contributed by atoms with Gasteiger partial charge in [0.05, 0.1) is 5.25 Å². The number of nitrogens with zero attached hydrogens (tertiary/aromatic N) is 3. The third-order valence-corrected chi connectivity index (χ3v) is 4.10. The normalized spacial score (nSPS) is 12.3. The number of anilines is 1. The van der Waals surface area contributed by atoms with Crippen LogP contribution in [0.25, 0.3) is 5.65 Å². The number of halogens is 1. The molecule has 112 valence electrons. The summed E-state index contributed by atoms with van der Waals surface area (Å²) in [5.41, 5.74) is 1.29. The number of nitrogens with one attached hydrogen (secondary N) is 1. The molecule has 1 N–H and O–H groups in total. The molecule has 0 aliphatic carbocycles. The molecule has 5 nitrogen and oxygen atoms in total. The second-order valence-corrected chi connectivity index (χ2v) is 5.98. The first-order chi connectivity index (χ1) is 10.6. The van der Waals surface area contributed by atoms with Crippen molar-refractivity contribution in [3.05, 3.63) is 54.5 Å². The quantitative estimate of drug-likeness (QED) is 0.752. The lowest BCUT2D eigenvalue weighted by molar-refractivity contribution is -0.115. The van der Waals surface area contributed by atoms with Crippen molar-refractivity contribution in [3.8, 4) is 0 Å². The van der Waals surface area contributed by atoms with Crippen LogP contribution >= 0.6 is 11.8 Å². The van der Waals surface area contributed by atoms with Gasteiger partial charge in [-0.3, -0.25) is 9.20 Å². The van der Waals surface area contributed by atoms with E-state index in [0.717, 1.165) is 5.65 Å². The minimum atomic E-state index is -0.363. The van der Waals surface area contributed by atoms with Crippen molar-refractivity contribution in [1.29, 1.82) is 0 Å². The molecule has 0 bridgehead atoms. The minimum absolute atomic E-state index is 0.177. The molecule has 7 heteroatoms. The maximum atomic E-state index is 12.8. The average Bonchev–Trinajstić information content (AvgIpc) is 2.93. The molecule has 0 radical (unpaired) electrons. The van der Waals surface area contributed by atoms with Crippen molar-refractivity contribution in [2.75, 3.05) is 5.32 Å². The summed E-state index contributed by atoms with van der Waals surface area (Å²) in [6, 6.07) is 11.3. The summed E-state index contributed by atoms with van der Waals surface area (Å²) in [6.45, 7) is 1.79. The highest BCUT2D eigenvalue weighted by Crippen LogP contribution is 2.23. The maximum Gasteiger partial charge on any atom is 0.237 e. The van der Waals surface area contributed by atoms with Crippen molar-refractivity contribution in [1.82, 2.24) is 14.6 Å². The van der Waals surface area contributed by atoms with Crippen LogP contribution in [0.15, 0.2) is 53.8 Å². The van der Waals surface area contributed by atoms with E-state index in [1.165, 1.54) is 36.0 Å². The first-order valence-corrected chi connectivity index (χ1v) is 7.54. The van der Waals surface area contributed by atoms with Crippen LogP contribution in [0.2, 0.25) is 0 Å². The molecule has 3 rings (SSSR count). The highest BCUT2D eigenvalue weighted by molar-refractivity contribution is 8.00. The third kappa shape index (κ3) is 3.09. The molecule has 1 aromatic carbocycles. The SMILES string of the molecule is C[C@H](Sc1nnc2ccccn12)C(=O)Nc1ccc(F)cc1. The number of pyridine rings is 1. The fourth-order valence-electron chi connectivity index (χ4n) is 1.89. The molecule has 0 spiro atoms. The Morgan fingerprint density at radius 3 is 2.77 bits per heavy atom. The van der Waals surface area contributed by atoms with Gasteiger partial charge in [-0.1, -0.05) is 17.8 Å². The molecule has 1 amide bonds. The lowest BCUT2D eigenvalue weighted by atomic mass is 10.3. The molecule has 2 heterocycles. The van der Waals surface area contributed by atoms with Crippen molar-refractivity contribution in [2.45, 2.75) is 17.3 Å². The summed E-state index contributed by atoms with van der Waals surface area (Å²) in [4.78, 5) is 12.2. The van der Waals surface area contributed by atoms with Crippen molar-refractivity contribution < 1.29 is 9.18 Å². The van der Waals surface area contributed by atoms with Gasteiger partial charge in [0, 0.05) is 11.9 Å². The maximum absolute atomic E-state index is 12.8. The van der Waals surface area contributed by atoms with E-state index in [9.17, 15) is 9.18 Å². The van der Waals surface area contributed by atoms with Crippen LogP contribution in [0.5, 0.6) is 0 Å². The van der Waals surface area contributed by atoms with Gasteiger partial charge in [-0.15, -0.1) is 10.2 Å². The molecular formula is C15H13FN4OS. The Kier molecular flexibility index (Phi) is 4.06. The molecule has 0 fully saturated rings. The van der Waals surface area contributed by atoms with Crippen LogP contribution in [0.1, 0.15) is 6.92 Å². The van der Waals surface area contributed by atoms with E-state index in [-0.39, 0.29) is 17.0 Å². The Bertz CT molecular complexity index is 803. The van der Waals surface area contributed by atoms with E-state index in [0.29, 0.717) is 10.8 Å². The number of carbonyl (C=O) groups excluding carboxylic acids is 1. The van der Waals surface area contributed by atoms with Gasteiger partial charge in [0.15, 0.2) is 10.8 Å². The smallest absolute Gasteiger partial charge is 0.237 e. The van der Waals surface area contributed by atoms with Gasteiger partial charge in [-0.25, -0.2) is 4.39 Å². The average molecular weight is 316 g/mol. The largest absolute Gasteiger partial charge is 0.325 e. The Morgan fingerprint density at radius 1 is 1.23 bits per heavy atom. The van der Waals surface area contributed by atoms with Gasteiger partial charge in [0.1, 0.15) is 5.82 Å². The van der Waals surface area contributed by atoms with Crippen LogP contribution in [0.4, 0.5) is 10.1 Å². The third-order valence-electron chi connectivity index (χ3n) is 3.05. The molecule has 22 heavy (non-hydrogen) atoms. The number of fused-ring (bicyclic) bond motifs is 1. The Balaban J connectivity index is 1.69. The number of rotatable bonds is 4. The Labute approximate surface area is 130 Å². The number of aromatic nitrogens is 3. The lowest BCUT2D eigenvalue weighted by Crippen LogP contribution is -2.22. The van der Waals surface area contributed by atoms with Crippen molar-refractivity contribution >= 4 is 29.0 Å². The number of hydrogen-bond donors (Lipinski definition) is 1. The molecule has 0 saturated carbocycles. The molecule has 0 unspecified atom stereocenters. The van der Waals surface area contributed by atoms with Gasteiger partial charge in [0.25, 0.3) is 0 Å². The summed E-state index contributed by atoms with van der Waals surface area (Å²) in [5.74, 6) is -0.514. The summed E-state index contributed by atoms with van der Waals surface area (Å²) >= 11 is 1.31. The number of hydrogen-bond acceptors (Lipinski definition) is 4. The zero-order valence-corrected chi connectivity index (χ0v) is 12.5. The second-order valence-electron chi connectivity index (χ2n) is 4.67. The number of benzene rings is 1. The summed E-state index contributed by atoms with van der Waals surface area (Å²) in [7, 11) is 0. The van der Waals surface area contributed by atoms with E-state index >= 15 is 0 Å². The molecule has 0 aliphatic heterocycles. The Hall–Kier alpha value is -2.41. The van der Waals surface area contributed by atoms with Crippen molar-refractivity contribution in [2.24, 2.45) is 0 Å². The number of thioether (sulfide) groups is 1. The summed E-state index contributed by atoms with van der Waals surface area (Å²) in [5, 5.41) is 11.2. The van der Waals surface area contributed by atoms with Gasteiger partial charge in [-0.2, -0.15) is 0 Å². The fourth-order valence-corrected chi connectivity index (χ4v) is 2.73. The first kappa shape index (κ1) is 14.5. The van der Waals surface area contributed by atoms with Crippen LogP contribution in [-0.2, 0) is 4.79 Å². The predicted octanol–water partition coefficient (Wildman–Crippen LogP) is 2.99. The zero-order valence-electron chi connectivity index (χ0n) is 11.7. The molecule has 0 saturated heterocycles. The van der Waals surface area contributed by atoms with E-state index in [2.05, 4.69) is 15.5 Å². The monoisotopic (exact) mass is 316 g/mol. The van der Waals surface area contributed by atoms with Crippen molar-refractivity contribution in [3.63, 3.8) is 0 Å². The predicted molar refractivity (Wildman–Crippen MR) is 83.3 cm³/mol. The van der Waals surface area contributed by atoms with Gasteiger partial charge >= 0.3 is 0 Å². The summed E-state index contributed by atoms with van der Waals surface area (Å²) < 4.78 is 14.7. The summed E-state index contributed by atoms with van der Waals surface area (Å²) in [6.07, 6.45) is 1.85. The topological polar surface area (TPSA) is 59.3 Å². The van der Waals surface area contributed by atoms with Gasteiger partial charge < -0.3 is 5.32 Å². The van der Waals surface area contributed by atoms with Crippen LogP contribution in [-0.4, -0.2) is 25.8 Å². The van der Waals surface area contributed by atoms with E-state index < -0.39 is 0 Å². The van der Waals surface area contributed by atoms with Gasteiger partial charge in [0.2, 0.25) is 5.91 Å². The molecule has 0 aliphatic rings. The zero-order chi connectivity index (χ0) is 15.5.